The van der Waals surface area contributed by atoms with Gasteiger partial charge in [-0.05, 0) is 43.5 Å². The zero-order chi connectivity index (χ0) is 20.5. The predicted molar refractivity (Wildman–Crippen MR) is 104 cm³/mol. The van der Waals surface area contributed by atoms with E-state index in [4.69, 9.17) is 21.1 Å². The second kappa shape index (κ2) is 7.55. The molecular formula is C21H20ClFN2O4. The Bertz CT molecular complexity index is 918. The van der Waals surface area contributed by atoms with Crippen LogP contribution in [0.5, 0.6) is 11.5 Å². The average molecular weight is 419 g/mol. The number of nitrogens with one attached hydrogen (secondary N) is 2. The molecule has 0 spiro atoms. The topological polar surface area (TPSA) is 76.7 Å². The maximum Gasteiger partial charge on any atom is 0.258 e. The van der Waals surface area contributed by atoms with Gasteiger partial charge in [-0.15, -0.1) is 0 Å². The van der Waals surface area contributed by atoms with Gasteiger partial charge in [-0.1, -0.05) is 29.8 Å². The van der Waals surface area contributed by atoms with Gasteiger partial charge in [0.2, 0.25) is 0 Å². The van der Waals surface area contributed by atoms with Crippen LogP contribution in [0.15, 0.2) is 48.5 Å². The van der Waals surface area contributed by atoms with Crippen molar-refractivity contribution in [3.8, 4) is 11.5 Å². The van der Waals surface area contributed by atoms with E-state index in [2.05, 4.69) is 10.6 Å². The van der Waals surface area contributed by atoms with E-state index in [9.17, 15) is 14.0 Å². The number of amides is 2. The second-order valence-corrected chi connectivity index (χ2v) is 8.06. The number of ether oxygens (including phenoxy) is 2. The molecule has 3 fully saturated rings. The smallest absolute Gasteiger partial charge is 0.258 e. The molecule has 3 aliphatic carbocycles. The number of halogens is 2. The van der Waals surface area contributed by atoms with Crippen molar-refractivity contribution in [2.45, 2.75) is 30.3 Å². The van der Waals surface area contributed by atoms with Gasteiger partial charge in [-0.3, -0.25) is 9.59 Å². The predicted octanol–water partition coefficient (Wildman–Crippen LogP) is 2.84. The molecule has 3 aliphatic rings. The van der Waals surface area contributed by atoms with Crippen LogP contribution in [0.25, 0.3) is 0 Å². The van der Waals surface area contributed by atoms with E-state index in [1.807, 2.05) is 18.2 Å². The molecule has 2 N–H and O–H groups in total. The van der Waals surface area contributed by atoms with E-state index in [1.54, 1.807) is 12.1 Å². The number of para-hydroxylation sites is 1. The van der Waals surface area contributed by atoms with Gasteiger partial charge in [0.1, 0.15) is 17.3 Å². The SMILES string of the molecule is O=C(COc1ccccc1)NC12CC(NC(=O)COc3ccc(Cl)c(F)c3)(C1)C2. The Morgan fingerprint density at radius 2 is 1.45 bits per heavy atom. The molecule has 8 heteroatoms. The number of benzene rings is 2. The van der Waals surface area contributed by atoms with Gasteiger partial charge in [0, 0.05) is 17.1 Å². The Morgan fingerprint density at radius 3 is 2.00 bits per heavy atom. The molecule has 2 amide bonds. The number of hydrogen-bond acceptors (Lipinski definition) is 4. The van der Waals surface area contributed by atoms with Crippen LogP contribution < -0.4 is 20.1 Å². The summed E-state index contributed by atoms with van der Waals surface area (Å²) in [7, 11) is 0. The quantitative estimate of drug-likeness (QED) is 0.691. The summed E-state index contributed by atoms with van der Waals surface area (Å²) in [5.41, 5.74) is -0.552. The summed E-state index contributed by atoms with van der Waals surface area (Å²) in [5, 5.41) is 5.94. The molecule has 2 aromatic rings. The summed E-state index contributed by atoms with van der Waals surface area (Å²) in [6, 6.07) is 13.2. The number of hydrogen-bond donors (Lipinski definition) is 2. The van der Waals surface area contributed by atoms with E-state index < -0.39 is 5.82 Å². The first kappa shape index (κ1) is 19.5. The Morgan fingerprint density at radius 1 is 0.897 bits per heavy atom. The summed E-state index contributed by atoms with van der Waals surface area (Å²) < 4.78 is 24.1. The molecule has 0 radical (unpaired) electrons. The average Bonchev–Trinajstić information content (AvgIpc) is 2.65. The number of carbonyl (C=O) groups is 2. The minimum atomic E-state index is -0.599. The minimum absolute atomic E-state index is 0.00261. The van der Waals surface area contributed by atoms with E-state index in [1.165, 1.54) is 12.1 Å². The lowest BCUT2D eigenvalue weighted by molar-refractivity contribution is -0.151. The van der Waals surface area contributed by atoms with Crippen LogP contribution in [-0.2, 0) is 9.59 Å². The molecule has 3 saturated carbocycles. The Balaban J connectivity index is 1.17. The summed E-state index contributed by atoms with van der Waals surface area (Å²) in [6.45, 7) is -0.260. The highest BCUT2D eigenvalue weighted by Crippen LogP contribution is 2.60. The van der Waals surface area contributed by atoms with Gasteiger partial charge in [-0.2, -0.15) is 0 Å². The molecule has 6 nitrogen and oxygen atoms in total. The zero-order valence-corrected chi connectivity index (χ0v) is 16.3. The summed E-state index contributed by atoms with van der Waals surface area (Å²) in [4.78, 5) is 24.2. The van der Waals surface area contributed by atoms with Gasteiger partial charge >= 0.3 is 0 Å². The molecule has 5 rings (SSSR count). The van der Waals surface area contributed by atoms with Crippen LogP contribution in [0.4, 0.5) is 4.39 Å². The highest BCUT2D eigenvalue weighted by atomic mass is 35.5. The third-order valence-electron chi connectivity index (χ3n) is 5.21. The minimum Gasteiger partial charge on any atom is -0.484 e. The van der Waals surface area contributed by atoms with Crippen LogP contribution in [0.1, 0.15) is 19.3 Å². The van der Waals surface area contributed by atoms with Crippen molar-refractivity contribution in [3.05, 3.63) is 59.4 Å². The van der Waals surface area contributed by atoms with Crippen LogP contribution in [0.3, 0.4) is 0 Å². The Labute approximate surface area is 172 Å². The van der Waals surface area contributed by atoms with Crippen LogP contribution in [0.2, 0.25) is 5.02 Å². The highest BCUT2D eigenvalue weighted by molar-refractivity contribution is 6.30. The van der Waals surface area contributed by atoms with Crippen molar-refractivity contribution >= 4 is 23.4 Å². The molecule has 29 heavy (non-hydrogen) atoms. The van der Waals surface area contributed by atoms with Gasteiger partial charge in [-0.25, -0.2) is 4.39 Å². The molecule has 0 saturated heterocycles. The lowest BCUT2D eigenvalue weighted by atomic mass is 9.44. The molecule has 2 aromatic carbocycles. The van der Waals surface area contributed by atoms with E-state index >= 15 is 0 Å². The van der Waals surface area contributed by atoms with Crippen molar-refractivity contribution in [2.75, 3.05) is 13.2 Å². The molecule has 0 aliphatic heterocycles. The van der Waals surface area contributed by atoms with Crippen molar-refractivity contribution in [3.63, 3.8) is 0 Å². The second-order valence-electron chi connectivity index (χ2n) is 7.65. The monoisotopic (exact) mass is 418 g/mol. The summed E-state index contributed by atoms with van der Waals surface area (Å²) >= 11 is 5.61. The molecule has 0 unspecified atom stereocenters. The van der Waals surface area contributed by atoms with Crippen molar-refractivity contribution < 1.29 is 23.5 Å². The Kier molecular flexibility index (Phi) is 5.08. The molecule has 0 atom stereocenters. The lowest BCUT2D eigenvalue weighted by Crippen LogP contribution is -2.84. The third kappa shape index (κ3) is 4.29. The van der Waals surface area contributed by atoms with Gasteiger partial charge < -0.3 is 20.1 Å². The van der Waals surface area contributed by atoms with Crippen molar-refractivity contribution in [1.82, 2.24) is 10.6 Å². The van der Waals surface area contributed by atoms with Crippen LogP contribution in [-0.4, -0.2) is 36.1 Å². The summed E-state index contributed by atoms with van der Waals surface area (Å²) in [5.74, 6) is -0.182. The Hall–Kier alpha value is -2.80. The first-order valence-corrected chi connectivity index (χ1v) is 9.63. The standard InChI is InChI=1S/C21H20ClFN2O4/c22-16-7-6-15(8-17(16)23)29-10-19(27)25-21-11-20(12-21,13-21)24-18(26)9-28-14-4-2-1-3-5-14/h1-8H,9-13H2,(H,24,26)(H,25,27). The first-order valence-electron chi connectivity index (χ1n) is 9.25. The summed E-state index contributed by atoms with van der Waals surface area (Å²) in [6.07, 6.45) is 2.04. The van der Waals surface area contributed by atoms with Gasteiger partial charge in [0.25, 0.3) is 11.8 Å². The molecule has 0 aromatic heterocycles. The van der Waals surface area contributed by atoms with E-state index in [-0.39, 0.29) is 46.9 Å². The molecular weight excluding hydrogens is 399 g/mol. The number of carbonyl (C=O) groups excluding carboxylic acids is 2. The molecule has 2 bridgehead atoms. The fourth-order valence-electron chi connectivity index (χ4n) is 4.10. The fraction of sp³-hybridized carbons (Fsp3) is 0.333. The van der Waals surface area contributed by atoms with Gasteiger partial charge in [0.05, 0.1) is 5.02 Å². The maximum absolute atomic E-state index is 13.4. The van der Waals surface area contributed by atoms with Crippen LogP contribution in [0, 0.1) is 5.82 Å². The molecule has 152 valence electrons. The first-order chi connectivity index (χ1) is 13.9. The fourth-order valence-corrected chi connectivity index (χ4v) is 4.22. The van der Waals surface area contributed by atoms with Crippen molar-refractivity contribution in [2.24, 2.45) is 0 Å². The van der Waals surface area contributed by atoms with E-state index in [0.717, 1.165) is 6.07 Å². The molecule has 0 heterocycles. The van der Waals surface area contributed by atoms with E-state index in [0.29, 0.717) is 25.0 Å². The zero-order valence-electron chi connectivity index (χ0n) is 15.5. The third-order valence-corrected chi connectivity index (χ3v) is 5.52. The normalized spacial score (nSPS) is 23.9. The maximum atomic E-state index is 13.4. The lowest BCUT2D eigenvalue weighted by Gasteiger charge is -2.70. The highest BCUT2D eigenvalue weighted by Gasteiger charge is 2.69. The van der Waals surface area contributed by atoms with Crippen LogP contribution >= 0.6 is 11.6 Å². The largest absolute Gasteiger partial charge is 0.484 e. The number of rotatable bonds is 8. The van der Waals surface area contributed by atoms with Crippen molar-refractivity contribution in [1.29, 1.82) is 0 Å². The van der Waals surface area contributed by atoms with Gasteiger partial charge in [0.15, 0.2) is 13.2 Å².